The number of β-amino-alcohol motifs (C(OH)–C–C–N with tert-alkyl or cyclic N) is 1. The first kappa shape index (κ1) is 14.9. The molecule has 0 saturated carbocycles. The van der Waals surface area contributed by atoms with Gasteiger partial charge in [-0.3, -0.25) is 4.79 Å². The topological polar surface area (TPSA) is 81.7 Å². The molecule has 0 bridgehead atoms. The van der Waals surface area contributed by atoms with Crippen LogP contribution in [0.15, 0.2) is 35.5 Å². The van der Waals surface area contributed by atoms with Gasteiger partial charge in [0.25, 0.3) is 5.91 Å². The number of hydrogen-bond acceptors (Lipinski definition) is 3. The molecule has 116 valence electrons. The Balaban J connectivity index is 1.94. The predicted octanol–water partition coefficient (Wildman–Crippen LogP) is 1.17. The van der Waals surface area contributed by atoms with Crippen molar-refractivity contribution >= 4 is 23.5 Å². The van der Waals surface area contributed by atoms with Gasteiger partial charge in [-0.2, -0.15) is 0 Å². The van der Waals surface area contributed by atoms with E-state index in [9.17, 15) is 14.7 Å². The van der Waals surface area contributed by atoms with Crippen molar-refractivity contribution in [2.24, 2.45) is 0 Å². The first-order valence-corrected chi connectivity index (χ1v) is 7.37. The monoisotopic (exact) mass is 321 g/mol. The Morgan fingerprint density at radius 1 is 1.36 bits per heavy atom. The van der Waals surface area contributed by atoms with Gasteiger partial charge in [-0.25, -0.2) is 4.79 Å². The minimum absolute atomic E-state index is 0.177. The molecule has 0 aliphatic carbocycles. The standard InChI is InChI=1S/C15H16ClN3O3/c1-8(20)6-19-7-11-12(14(19)21)13(18-15(22)17-11)9-2-4-10(16)5-3-9/h2-5,8,13,20H,6-7H2,1H3,(H2,17,18,22)/t8-,13-/m0/s1. The minimum Gasteiger partial charge on any atom is -0.392 e. The second-order valence-corrected chi connectivity index (χ2v) is 5.95. The molecule has 0 unspecified atom stereocenters. The van der Waals surface area contributed by atoms with E-state index in [4.69, 9.17) is 11.6 Å². The number of nitrogens with one attached hydrogen (secondary N) is 2. The molecular weight excluding hydrogens is 306 g/mol. The van der Waals surface area contributed by atoms with E-state index in [0.29, 0.717) is 22.8 Å². The molecule has 3 amide bonds. The SMILES string of the molecule is C[C@H](O)CN1CC2=C(C1=O)[C@H](c1ccc(Cl)cc1)NC(=O)N2. The van der Waals surface area contributed by atoms with Gasteiger partial charge in [-0.05, 0) is 24.6 Å². The number of halogens is 1. The van der Waals surface area contributed by atoms with E-state index in [1.165, 1.54) is 4.90 Å². The van der Waals surface area contributed by atoms with Crippen LogP contribution in [0.1, 0.15) is 18.5 Å². The number of urea groups is 1. The molecule has 3 rings (SSSR count). The highest BCUT2D eigenvalue weighted by atomic mass is 35.5. The summed E-state index contributed by atoms with van der Waals surface area (Å²) in [5.74, 6) is -0.177. The van der Waals surface area contributed by atoms with E-state index in [-0.39, 0.29) is 18.5 Å². The van der Waals surface area contributed by atoms with Crippen LogP contribution in [0.25, 0.3) is 0 Å². The van der Waals surface area contributed by atoms with Crippen LogP contribution < -0.4 is 10.6 Å². The van der Waals surface area contributed by atoms with Gasteiger partial charge in [0.1, 0.15) is 0 Å². The average molecular weight is 322 g/mol. The van der Waals surface area contributed by atoms with Crippen LogP contribution in [0.4, 0.5) is 4.79 Å². The summed E-state index contributed by atoms with van der Waals surface area (Å²) < 4.78 is 0. The van der Waals surface area contributed by atoms with Crippen molar-refractivity contribution in [3.8, 4) is 0 Å². The Morgan fingerprint density at radius 3 is 2.68 bits per heavy atom. The molecule has 0 fully saturated rings. The molecule has 0 aromatic heterocycles. The minimum atomic E-state index is -0.622. The molecular formula is C15H16ClN3O3. The van der Waals surface area contributed by atoms with Crippen LogP contribution in [0.3, 0.4) is 0 Å². The van der Waals surface area contributed by atoms with Crippen molar-refractivity contribution in [1.29, 1.82) is 0 Å². The van der Waals surface area contributed by atoms with Crippen LogP contribution >= 0.6 is 11.6 Å². The Morgan fingerprint density at radius 2 is 2.05 bits per heavy atom. The summed E-state index contributed by atoms with van der Waals surface area (Å²) in [5.41, 5.74) is 1.90. The van der Waals surface area contributed by atoms with Gasteiger partial charge in [-0.15, -0.1) is 0 Å². The lowest BCUT2D eigenvalue weighted by atomic mass is 9.96. The van der Waals surface area contributed by atoms with Crippen molar-refractivity contribution in [1.82, 2.24) is 15.5 Å². The number of aliphatic hydroxyl groups is 1. The Hall–Kier alpha value is -2.05. The molecule has 3 N–H and O–H groups in total. The second kappa shape index (κ2) is 5.62. The zero-order valence-electron chi connectivity index (χ0n) is 12.0. The molecule has 2 aliphatic heterocycles. The number of nitrogens with zero attached hydrogens (tertiary/aromatic N) is 1. The van der Waals surface area contributed by atoms with Crippen LogP contribution in [0, 0.1) is 0 Å². The molecule has 0 saturated heterocycles. The van der Waals surface area contributed by atoms with Gasteiger partial charge < -0.3 is 20.6 Å². The highest BCUT2D eigenvalue weighted by Gasteiger charge is 2.40. The van der Waals surface area contributed by atoms with Crippen molar-refractivity contribution in [2.75, 3.05) is 13.1 Å². The maximum atomic E-state index is 12.6. The quantitative estimate of drug-likeness (QED) is 0.781. The zero-order chi connectivity index (χ0) is 15.9. The molecule has 1 aromatic rings. The van der Waals surface area contributed by atoms with E-state index in [1.54, 1.807) is 31.2 Å². The van der Waals surface area contributed by atoms with Gasteiger partial charge in [0, 0.05) is 11.6 Å². The smallest absolute Gasteiger partial charge is 0.319 e. The lowest BCUT2D eigenvalue weighted by molar-refractivity contribution is -0.126. The first-order valence-electron chi connectivity index (χ1n) is 6.99. The molecule has 2 heterocycles. The number of aliphatic hydroxyl groups excluding tert-OH is 1. The van der Waals surface area contributed by atoms with Crippen molar-refractivity contribution in [3.63, 3.8) is 0 Å². The van der Waals surface area contributed by atoms with Gasteiger partial charge in [0.05, 0.1) is 30.0 Å². The molecule has 2 atom stereocenters. The molecule has 0 radical (unpaired) electrons. The molecule has 1 aromatic carbocycles. The summed E-state index contributed by atoms with van der Waals surface area (Å²) in [6.07, 6.45) is -0.622. The van der Waals surface area contributed by atoms with Crippen LogP contribution in [0.5, 0.6) is 0 Å². The summed E-state index contributed by atoms with van der Waals surface area (Å²) in [5, 5.41) is 15.5. The number of hydrogen-bond donors (Lipinski definition) is 3. The summed E-state index contributed by atoms with van der Waals surface area (Å²) in [6, 6.07) is 6.16. The van der Waals surface area contributed by atoms with E-state index < -0.39 is 12.1 Å². The van der Waals surface area contributed by atoms with Crippen molar-refractivity contribution in [3.05, 3.63) is 46.1 Å². The number of benzene rings is 1. The van der Waals surface area contributed by atoms with Crippen molar-refractivity contribution < 1.29 is 14.7 Å². The largest absolute Gasteiger partial charge is 0.392 e. The van der Waals surface area contributed by atoms with Crippen LogP contribution in [-0.2, 0) is 4.79 Å². The Labute approximate surface area is 132 Å². The maximum Gasteiger partial charge on any atom is 0.319 e. The van der Waals surface area contributed by atoms with Gasteiger partial charge in [-0.1, -0.05) is 23.7 Å². The van der Waals surface area contributed by atoms with E-state index in [0.717, 1.165) is 5.56 Å². The van der Waals surface area contributed by atoms with E-state index in [1.807, 2.05) is 0 Å². The normalized spacial score (nSPS) is 22.3. The molecule has 22 heavy (non-hydrogen) atoms. The van der Waals surface area contributed by atoms with Crippen LogP contribution in [0.2, 0.25) is 5.02 Å². The lowest BCUT2D eigenvalue weighted by Gasteiger charge is -2.25. The van der Waals surface area contributed by atoms with Gasteiger partial charge in [0.15, 0.2) is 0 Å². The summed E-state index contributed by atoms with van der Waals surface area (Å²) in [4.78, 5) is 25.9. The molecule has 6 nitrogen and oxygen atoms in total. The van der Waals surface area contributed by atoms with Gasteiger partial charge in [0.2, 0.25) is 0 Å². The second-order valence-electron chi connectivity index (χ2n) is 5.51. The van der Waals surface area contributed by atoms with Gasteiger partial charge >= 0.3 is 6.03 Å². The summed E-state index contributed by atoms with van der Waals surface area (Å²) in [6.45, 7) is 2.16. The van der Waals surface area contributed by atoms with Crippen LogP contribution in [-0.4, -0.2) is 41.1 Å². The molecule has 0 spiro atoms. The predicted molar refractivity (Wildman–Crippen MR) is 81.1 cm³/mol. The van der Waals surface area contributed by atoms with E-state index in [2.05, 4.69) is 10.6 Å². The van der Waals surface area contributed by atoms with E-state index >= 15 is 0 Å². The Kier molecular flexibility index (Phi) is 3.80. The number of amides is 3. The average Bonchev–Trinajstić information content (AvgIpc) is 2.74. The molecule has 2 aliphatic rings. The summed E-state index contributed by atoms with van der Waals surface area (Å²) >= 11 is 5.89. The maximum absolute atomic E-state index is 12.6. The first-order chi connectivity index (χ1) is 10.5. The fourth-order valence-electron chi connectivity index (χ4n) is 2.80. The Bertz CT molecular complexity index is 655. The highest BCUT2D eigenvalue weighted by Crippen LogP contribution is 2.32. The number of carbonyl (C=O) groups excluding carboxylic acids is 2. The lowest BCUT2D eigenvalue weighted by Crippen LogP contribution is -2.44. The molecule has 7 heteroatoms. The number of carbonyl (C=O) groups is 2. The third-order valence-corrected chi connectivity index (χ3v) is 3.96. The number of rotatable bonds is 3. The fraction of sp³-hybridized carbons (Fsp3) is 0.333. The van der Waals surface area contributed by atoms with Crippen molar-refractivity contribution in [2.45, 2.75) is 19.1 Å². The zero-order valence-corrected chi connectivity index (χ0v) is 12.7. The summed E-state index contributed by atoms with van der Waals surface area (Å²) in [7, 11) is 0. The fourth-order valence-corrected chi connectivity index (χ4v) is 2.93. The highest BCUT2D eigenvalue weighted by molar-refractivity contribution is 6.30. The third kappa shape index (κ3) is 2.67. The third-order valence-electron chi connectivity index (χ3n) is 3.71.